The average Bonchev–Trinajstić information content (AvgIpc) is 3.17. The van der Waals surface area contributed by atoms with Crippen LogP contribution >= 0.6 is 34.5 Å². The summed E-state index contributed by atoms with van der Waals surface area (Å²) in [7, 11) is 0. The van der Waals surface area contributed by atoms with Crippen molar-refractivity contribution >= 4 is 45.4 Å². The van der Waals surface area contributed by atoms with E-state index in [0.29, 0.717) is 26.8 Å². The van der Waals surface area contributed by atoms with Crippen LogP contribution in [-0.4, -0.2) is 10.7 Å². The van der Waals surface area contributed by atoms with Gasteiger partial charge in [-0.2, -0.15) is 5.10 Å². The summed E-state index contributed by atoms with van der Waals surface area (Å²) in [6.45, 7) is 7.18. The maximum Gasteiger partial charge on any atom is 0.203 e. The maximum absolute atomic E-state index is 6.10. The van der Waals surface area contributed by atoms with Crippen LogP contribution < -0.4 is 5.43 Å². The van der Waals surface area contributed by atoms with E-state index >= 15 is 0 Å². The number of benzene rings is 1. The highest BCUT2D eigenvalue weighted by Gasteiger charge is 2.59. The van der Waals surface area contributed by atoms with Crippen molar-refractivity contribution in [1.29, 1.82) is 0 Å². The minimum atomic E-state index is 0.335. The SMILES string of the molecule is CC1(C)[C@H]2CC[C@@]1(C)C/C2=N\Nc1nc(-c2ccc(Cl)c(Cl)c2)cs1. The average molecular weight is 394 g/mol. The van der Waals surface area contributed by atoms with Crippen LogP contribution in [0.15, 0.2) is 28.7 Å². The molecule has 0 unspecified atom stereocenters. The van der Waals surface area contributed by atoms with Gasteiger partial charge in [-0.3, -0.25) is 5.43 Å². The van der Waals surface area contributed by atoms with Crippen molar-refractivity contribution in [2.75, 3.05) is 5.43 Å². The predicted octanol–water partition coefficient (Wildman–Crippen LogP) is 6.73. The summed E-state index contributed by atoms with van der Waals surface area (Å²) in [5, 5.41) is 8.63. The van der Waals surface area contributed by atoms with Crippen molar-refractivity contribution in [3.63, 3.8) is 0 Å². The van der Waals surface area contributed by atoms with Gasteiger partial charge in [0.2, 0.25) is 5.13 Å². The number of aromatic nitrogens is 1. The molecule has 0 amide bonds. The first-order valence-corrected chi connectivity index (χ1v) is 10.2. The summed E-state index contributed by atoms with van der Waals surface area (Å²) in [6.07, 6.45) is 3.64. The van der Waals surface area contributed by atoms with Gasteiger partial charge in [0.25, 0.3) is 0 Å². The van der Waals surface area contributed by atoms with E-state index < -0.39 is 0 Å². The number of rotatable bonds is 3. The van der Waals surface area contributed by atoms with Crippen molar-refractivity contribution in [3.05, 3.63) is 33.6 Å². The Hall–Kier alpha value is -1.10. The van der Waals surface area contributed by atoms with Crippen molar-refractivity contribution in [2.24, 2.45) is 21.8 Å². The summed E-state index contributed by atoms with van der Waals surface area (Å²) < 4.78 is 0. The molecule has 2 saturated carbocycles. The molecule has 2 atom stereocenters. The summed E-state index contributed by atoms with van der Waals surface area (Å²) in [5.74, 6) is 0.583. The van der Waals surface area contributed by atoms with Gasteiger partial charge in [-0.1, -0.05) is 50.0 Å². The van der Waals surface area contributed by atoms with Crippen LogP contribution in [0.1, 0.15) is 40.0 Å². The van der Waals surface area contributed by atoms with Crippen LogP contribution in [0, 0.1) is 16.7 Å². The van der Waals surface area contributed by atoms with Gasteiger partial charge in [-0.25, -0.2) is 4.98 Å². The van der Waals surface area contributed by atoms with Crippen LogP contribution in [0.4, 0.5) is 5.13 Å². The van der Waals surface area contributed by atoms with Gasteiger partial charge in [-0.15, -0.1) is 11.3 Å². The number of hydrogen-bond donors (Lipinski definition) is 1. The second-order valence-electron chi connectivity index (χ2n) is 7.93. The molecule has 2 fully saturated rings. The lowest BCUT2D eigenvalue weighted by Crippen LogP contribution is -2.26. The molecule has 2 bridgehead atoms. The van der Waals surface area contributed by atoms with E-state index in [1.165, 1.54) is 18.6 Å². The zero-order chi connectivity index (χ0) is 17.8. The monoisotopic (exact) mass is 393 g/mol. The Kier molecular flexibility index (Phi) is 4.13. The molecule has 1 N–H and O–H groups in total. The molecular formula is C19H21Cl2N3S. The minimum absolute atomic E-state index is 0.335. The van der Waals surface area contributed by atoms with Gasteiger partial charge in [0.15, 0.2) is 0 Å². The zero-order valence-corrected chi connectivity index (χ0v) is 16.9. The Morgan fingerprint density at radius 1 is 1.24 bits per heavy atom. The Morgan fingerprint density at radius 3 is 2.68 bits per heavy atom. The third kappa shape index (κ3) is 2.79. The van der Waals surface area contributed by atoms with E-state index in [2.05, 4.69) is 31.2 Å². The number of fused-ring (bicyclic) bond motifs is 2. The quantitative estimate of drug-likeness (QED) is 0.586. The van der Waals surface area contributed by atoms with Crippen LogP contribution in [-0.2, 0) is 0 Å². The fraction of sp³-hybridized carbons (Fsp3) is 0.474. The molecule has 3 nitrogen and oxygen atoms in total. The molecule has 1 heterocycles. The maximum atomic E-state index is 6.10. The number of halogens is 2. The van der Waals surface area contributed by atoms with E-state index in [-0.39, 0.29) is 0 Å². The topological polar surface area (TPSA) is 37.3 Å². The molecule has 0 radical (unpaired) electrons. The first-order valence-electron chi connectivity index (χ1n) is 8.54. The second-order valence-corrected chi connectivity index (χ2v) is 9.60. The van der Waals surface area contributed by atoms with Gasteiger partial charge in [0.1, 0.15) is 0 Å². The Morgan fingerprint density at radius 2 is 2.04 bits per heavy atom. The molecule has 1 aromatic heterocycles. The summed E-state index contributed by atoms with van der Waals surface area (Å²) >= 11 is 13.6. The third-order valence-corrected chi connectivity index (χ3v) is 7.89. The molecule has 0 saturated heterocycles. The Bertz CT molecular complexity index is 855. The minimum Gasteiger partial charge on any atom is -0.253 e. The van der Waals surface area contributed by atoms with Crippen molar-refractivity contribution in [1.82, 2.24) is 4.98 Å². The molecule has 2 aromatic rings. The normalized spacial score (nSPS) is 28.7. The molecule has 0 spiro atoms. The lowest BCUT2D eigenvalue weighted by atomic mass is 9.71. The fourth-order valence-corrected chi connectivity index (χ4v) is 5.30. The number of hydrazone groups is 1. The molecule has 25 heavy (non-hydrogen) atoms. The molecule has 2 aliphatic rings. The van der Waals surface area contributed by atoms with Crippen LogP contribution in [0.3, 0.4) is 0 Å². The largest absolute Gasteiger partial charge is 0.253 e. The molecule has 2 aliphatic carbocycles. The van der Waals surface area contributed by atoms with Crippen molar-refractivity contribution < 1.29 is 0 Å². The number of hydrogen-bond acceptors (Lipinski definition) is 4. The molecule has 0 aliphatic heterocycles. The van der Waals surface area contributed by atoms with E-state index in [9.17, 15) is 0 Å². The van der Waals surface area contributed by atoms with Crippen LogP contribution in [0.5, 0.6) is 0 Å². The first-order chi connectivity index (χ1) is 11.8. The lowest BCUT2D eigenvalue weighted by molar-refractivity contribution is 0.152. The van der Waals surface area contributed by atoms with Gasteiger partial charge >= 0.3 is 0 Å². The highest BCUT2D eigenvalue weighted by atomic mass is 35.5. The van der Waals surface area contributed by atoms with Gasteiger partial charge < -0.3 is 0 Å². The Labute approximate surface area is 162 Å². The molecule has 4 rings (SSSR count). The number of thiazole rings is 1. The number of nitrogens with zero attached hydrogens (tertiary/aromatic N) is 2. The van der Waals surface area contributed by atoms with Crippen molar-refractivity contribution in [2.45, 2.75) is 40.0 Å². The van der Waals surface area contributed by atoms with Gasteiger partial charge in [0.05, 0.1) is 15.7 Å². The van der Waals surface area contributed by atoms with Crippen LogP contribution in [0.25, 0.3) is 11.3 Å². The molecular weight excluding hydrogens is 373 g/mol. The van der Waals surface area contributed by atoms with Gasteiger partial charge in [-0.05, 0) is 42.2 Å². The fourth-order valence-electron chi connectivity index (χ4n) is 4.34. The third-order valence-electron chi connectivity index (χ3n) is 6.40. The first kappa shape index (κ1) is 17.3. The van der Waals surface area contributed by atoms with Crippen molar-refractivity contribution in [3.8, 4) is 11.3 Å². The highest BCUT2D eigenvalue weighted by molar-refractivity contribution is 7.14. The molecule has 1 aromatic carbocycles. The number of anilines is 1. The number of nitrogens with one attached hydrogen (secondary N) is 1. The summed E-state index contributed by atoms with van der Waals surface area (Å²) in [4.78, 5) is 4.63. The zero-order valence-electron chi connectivity index (χ0n) is 14.6. The van der Waals surface area contributed by atoms with Gasteiger partial charge in [0, 0.05) is 22.6 Å². The highest BCUT2D eigenvalue weighted by Crippen LogP contribution is 2.64. The second kappa shape index (κ2) is 5.97. The van der Waals surface area contributed by atoms with E-state index in [0.717, 1.165) is 22.8 Å². The molecule has 6 heteroatoms. The van der Waals surface area contributed by atoms with E-state index in [1.807, 2.05) is 17.5 Å². The summed E-state index contributed by atoms with van der Waals surface area (Å²) in [6, 6.07) is 5.57. The molecule has 132 valence electrons. The smallest absolute Gasteiger partial charge is 0.203 e. The standard InChI is InChI=1S/C19H21Cl2N3S/c1-18(2)12-6-7-19(18,3)9-15(12)23-24-17-22-16(10-25-17)11-4-5-13(20)14(21)8-11/h4-5,8,10,12H,6-7,9H2,1-3H3,(H,22,24)/b23-15+/t12-,19-/m0/s1. The Balaban J connectivity index is 1.52. The van der Waals surface area contributed by atoms with Crippen LogP contribution in [0.2, 0.25) is 10.0 Å². The predicted molar refractivity (Wildman–Crippen MR) is 108 cm³/mol. The lowest BCUT2D eigenvalue weighted by Gasteiger charge is -2.33. The van der Waals surface area contributed by atoms with E-state index in [1.54, 1.807) is 17.4 Å². The van der Waals surface area contributed by atoms with E-state index in [4.69, 9.17) is 28.3 Å². The summed E-state index contributed by atoms with van der Waals surface area (Å²) in [5.41, 5.74) is 7.03.